The van der Waals surface area contributed by atoms with Gasteiger partial charge in [0.2, 0.25) is 10.0 Å². The molecule has 2 rings (SSSR count). The Morgan fingerprint density at radius 2 is 2.05 bits per heavy atom. The molecule has 20 heavy (non-hydrogen) atoms. The van der Waals surface area contributed by atoms with Crippen LogP contribution in [0, 0.1) is 6.92 Å². The Morgan fingerprint density at radius 3 is 2.65 bits per heavy atom. The van der Waals surface area contributed by atoms with E-state index < -0.39 is 10.0 Å². The number of halogens is 1. The largest absolute Gasteiger partial charge is 0.398 e. The number of rotatable bonds is 2. The molecule has 0 radical (unpaired) electrons. The average molecular weight is 379 g/mol. The number of hydrogen-bond acceptors (Lipinski definition) is 4. The summed E-state index contributed by atoms with van der Waals surface area (Å²) < 4.78 is 27.9. The van der Waals surface area contributed by atoms with Gasteiger partial charge in [-0.3, -0.25) is 0 Å². The smallest absolute Gasteiger partial charge is 0.243 e. The van der Waals surface area contributed by atoms with Crippen LogP contribution in [0.5, 0.6) is 0 Å². The number of benzene rings is 1. The van der Waals surface area contributed by atoms with Crippen molar-refractivity contribution in [2.45, 2.75) is 30.4 Å². The number of sulfonamides is 1. The fourth-order valence-electron chi connectivity index (χ4n) is 2.26. The summed E-state index contributed by atoms with van der Waals surface area (Å²) >= 11 is 5.12. The molecule has 0 saturated carbocycles. The molecular formula is C13H19BrN2O2S2. The van der Waals surface area contributed by atoms with Crippen molar-refractivity contribution in [3.8, 4) is 0 Å². The Balaban J connectivity index is 2.46. The summed E-state index contributed by atoms with van der Waals surface area (Å²) in [6.45, 7) is 6.95. The average Bonchev–Trinajstić information content (AvgIpc) is 2.32. The molecule has 1 saturated heterocycles. The molecule has 0 aromatic heterocycles. The molecule has 1 aliphatic rings. The Labute approximate surface area is 133 Å². The molecule has 0 aliphatic carbocycles. The van der Waals surface area contributed by atoms with Crippen molar-refractivity contribution in [2.24, 2.45) is 0 Å². The van der Waals surface area contributed by atoms with Gasteiger partial charge in [-0.05, 0) is 38.5 Å². The lowest BCUT2D eigenvalue weighted by atomic mass is 10.2. The van der Waals surface area contributed by atoms with E-state index in [-0.39, 0.29) is 4.75 Å². The molecule has 0 spiro atoms. The number of nitrogen functional groups attached to an aromatic ring is 1. The van der Waals surface area contributed by atoms with Crippen LogP contribution in [0.2, 0.25) is 0 Å². The Bertz CT molecular complexity index is 630. The molecule has 1 fully saturated rings. The van der Waals surface area contributed by atoms with Gasteiger partial charge in [-0.2, -0.15) is 16.1 Å². The van der Waals surface area contributed by atoms with Crippen LogP contribution >= 0.6 is 27.7 Å². The molecule has 0 atom stereocenters. The molecule has 7 heteroatoms. The van der Waals surface area contributed by atoms with Gasteiger partial charge in [-0.15, -0.1) is 0 Å². The minimum Gasteiger partial charge on any atom is -0.398 e. The van der Waals surface area contributed by atoms with Gasteiger partial charge < -0.3 is 5.73 Å². The molecule has 0 bridgehead atoms. The number of anilines is 1. The second-order valence-electron chi connectivity index (χ2n) is 5.56. The molecule has 112 valence electrons. The molecule has 0 amide bonds. The maximum atomic E-state index is 12.8. The van der Waals surface area contributed by atoms with E-state index in [0.29, 0.717) is 33.7 Å². The van der Waals surface area contributed by atoms with Gasteiger partial charge in [0, 0.05) is 33.7 Å². The third-order valence-electron chi connectivity index (χ3n) is 3.37. The first-order valence-corrected chi connectivity index (χ1v) is 9.55. The van der Waals surface area contributed by atoms with Crippen LogP contribution in [0.3, 0.4) is 0 Å². The topological polar surface area (TPSA) is 63.4 Å². The summed E-state index contributed by atoms with van der Waals surface area (Å²) in [6.07, 6.45) is 0. The maximum absolute atomic E-state index is 12.8. The zero-order chi connectivity index (χ0) is 15.1. The molecule has 1 aliphatic heterocycles. The minimum absolute atomic E-state index is 0.0587. The lowest BCUT2D eigenvalue weighted by molar-refractivity contribution is 0.387. The van der Waals surface area contributed by atoms with Crippen molar-refractivity contribution in [3.05, 3.63) is 22.2 Å². The van der Waals surface area contributed by atoms with Gasteiger partial charge in [-0.25, -0.2) is 8.42 Å². The Morgan fingerprint density at radius 1 is 1.40 bits per heavy atom. The zero-order valence-corrected chi connectivity index (χ0v) is 15.0. The standard InChI is InChI=1S/C13H19BrN2O2S2/c1-9-11(15)6-10(14)7-12(9)20(17,18)16-4-5-19-13(2,3)8-16/h6-7H,4-5,8,15H2,1-3H3. The molecular weight excluding hydrogens is 360 g/mol. The van der Waals surface area contributed by atoms with Gasteiger partial charge in [-0.1, -0.05) is 15.9 Å². The molecule has 0 unspecified atom stereocenters. The van der Waals surface area contributed by atoms with E-state index in [1.54, 1.807) is 35.1 Å². The van der Waals surface area contributed by atoms with Crippen LogP contribution in [-0.4, -0.2) is 36.3 Å². The summed E-state index contributed by atoms with van der Waals surface area (Å²) in [7, 11) is -3.50. The summed E-state index contributed by atoms with van der Waals surface area (Å²) in [4.78, 5) is 0.298. The van der Waals surface area contributed by atoms with Crippen molar-refractivity contribution in [1.82, 2.24) is 4.31 Å². The number of nitrogens with zero attached hydrogens (tertiary/aromatic N) is 1. The SMILES string of the molecule is Cc1c(N)cc(Br)cc1S(=O)(=O)N1CCSC(C)(C)C1. The van der Waals surface area contributed by atoms with E-state index in [9.17, 15) is 8.42 Å². The van der Waals surface area contributed by atoms with E-state index in [2.05, 4.69) is 29.8 Å². The van der Waals surface area contributed by atoms with Crippen LogP contribution < -0.4 is 5.73 Å². The van der Waals surface area contributed by atoms with Crippen molar-refractivity contribution in [3.63, 3.8) is 0 Å². The van der Waals surface area contributed by atoms with E-state index in [1.807, 2.05) is 0 Å². The third kappa shape index (κ3) is 3.16. The Hall–Kier alpha value is -0.240. The molecule has 1 aromatic carbocycles. The minimum atomic E-state index is -3.50. The first-order chi connectivity index (χ1) is 9.13. The van der Waals surface area contributed by atoms with Crippen LogP contribution in [0.4, 0.5) is 5.69 Å². The number of thioether (sulfide) groups is 1. The monoisotopic (exact) mass is 378 g/mol. The van der Waals surface area contributed by atoms with Crippen molar-refractivity contribution in [2.75, 3.05) is 24.6 Å². The van der Waals surface area contributed by atoms with Gasteiger partial charge in [0.1, 0.15) is 0 Å². The Kier molecular flexibility index (Phi) is 4.45. The second-order valence-corrected chi connectivity index (χ2v) is 10.2. The maximum Gasteiger partial charge on any atom is 0.243 e. The first kappa shape index (κ1) is 16.1. The predicted molar refractivity (Wildman–Crippen MR) is 88.6 cm³/mol. The second kappa shape index (κ2) is 5.51. The van der Waals surface area contributed by atoms with Crippen LogP contribution in [0.15, 0.2) is 21.5 Å². The fraction of sp³-hybridized carbons (Fsp3) is 0.538. The normalized spacial score (nSPS) is 20.0. The van der Waals surface area contributed by atoms with Gasteiger partial charge in [0.15, 0.2) is 0 Å². The lowest BCUT2D eigenvalue weighted by Gasteiger charge is -2.36. The van der Waals surface area contributed by atoms with Crippen molar-refractivity contribution < 1.29 is 8.42 Å². The van der Waals surface area contributed by atoms with Gasteiger partial charge in [0.05, 0.1) is 4.90 Å². The van der Waals surface area contributed by atoms with Crippen LogP contribution in [-0.2, 0) is 10.0 Å². The summed E-state index contributed by atoms with van der Waals surface area (Å²) in [6, 6.07) is 3.36. The van der Waals surface area contributed by atoms with Crippen LogP contribution in [0.25, 0.3) is 0 Å². The van der Waals surface area contributed by atoms with E-state index >= 15 is 0 Å². The first-order valence-electron chi connectivity index (χ1n) is 6.33. The molecule has 2 N–H and O–H groups in total. The molecule has 4 nitrogen and oxygen atoms in total. The van der Waals surface area contributed by atoms with E-state index in [0.717, 1.165) is 5.75 Å². The highest BCUT2D eigenvalue weighted by Crippen LogP contribution is 2.34. The molecule has 1 heterocycles. The highest BCUT2D eigenvalue weighted by molar-refractivity contribution is 9.10. The highest BCUT2D eigenvalue weighted by atomic mass is 79.9. The van der Waals surface area contributed by atoms with E-state index in [4.69, 9.17) is 5.73 Å². The summed E-state index contributed by atoms with van der Waals surface area (Å²) in [5.41, 5.74) is 6.99. The fourth-order valence-corrected chi connectivity index (χ4v) is 6.08. The number of hydrogen-bond donors (Lipinski definition) is 1. The van der Waals surface area contributed by atoms with E-state index in [1.165, 1.54) is 0 Å². The van der Waals surface area contributed by atoms with Crippen molar-refractivity contribution in [1.29, 1.82) is 0 Å². The van der Waals surface area contributed by atoms with Crippen molar-refractivity contribution >= 4 is 43.4 Å². The van der Waals surface area contributed by atoms with Crippen LogP contribution in [0.1, 0.15) is 19.4 Å². The van der Waals surface area contributed by atoms with Gasteiger partial charge in [0.25, 0.3) is 0 Å². The third-order valence-corrected chi connectivity index (χ3v) is 7.10. The molecule has 1 aromatic rings. The summed E-state index contributed by atoms with van der Waals surface area (Å²) in [5.74, 6) is 0.814. The number of nitrogens with two attached hydrogens (primary N) is 1. The summed E-state index contributed by atoms with van der Waals surface area (Å²) in [5, 5.41) is 0. The lowest BCUT2D eigenvalue weighted by Crippen LogP contribution is -2.46. The predicted octanol–water partition coefficient (Wildman–Crippen LogP) is 2.86. The zero-order valence-electron chi connectivity index (χ0n) is 11.8. The van der Waals surface area contributed by atoms with Gasteiger partial charge >= 0.3 is 0 Å². The highest BCUT2D eigenvalue weighted by Gasteiger charge is 2.35. The quantitative estimate of drug-likeness (QED) is 0.803.